The van der Waals surface area contributed by atoms with Gasteiger partial charge in [-0.2, -0.15) is 23.4 Å². The van der Waals surface area contributed by atoms with Crippen molar-refractivity contribution in [1.82, 2.24) is 29.7 Å². The Morgan fingerprint density at radius 3 is 2.75 bits per heavy atom. The van der Waals surface area contributed by atoms with Crippen LogP contribution in [0.5, 0.6) is 0 Å². The predicted molar refractivity (Wildman–Crippen MR) is 95.7 cm³/mol. The second kappa shape index (κ2) is 6.75. The number of carbonyl (C=O) groups is 1. The van der Waals surface area contributed by atoms with Gasteiger partial charge in [0.2, 0.25) is 0 Å². The number of aryl methyl sites for hydroxylation is 1. The van der Waals surface area contributed by atoms with Crippen LogP contribution in [0.2, 0.25) is 0 Å². The third kappa shape index (κ3) is 3.36. The highest BCUT2D eigenvalue weighted by atomic mass is 32.1. The van der Waals surface area contributed by atoms with Gasteiger partial charge in [-0.25, -0.2) is 9.50 Å². The number of thiophene rings is 1. The number of nitrogens with one attached hydrogen (secondary N) is 1. The van der Waals surface area contributed by atoms with E-state index in [0.29, 0.717) is 9.39 Å². The Hall–Kier alpha value is -3.21. The molecule has 0 fully saturated rings. The molecule has 0 atom stereocenters. The van der Waals surface area contributed by atoms with Crippen molar-refractivity contribution in [3.63, 3.8) is 0 Å². The molecule has 0 aliphatic rings. The van der Waals surface area contributed by atoms with Crippen LogP contribution in [0.15, 0.2) is 41.9 Å². The van der Waals surface area contributed by atoms with Crippen LogP contribution in [0, 0.1) is 0 Å². The maximum Gasteiger partial charge on any atom is 0.433 e. The largest absolute Gasteiger partial charge is 0.433 e. The molecular formula is C17H13F3N6OS. The standard InChI is InChI=1S/C17H13F3N6OS/c1-25-10(4-5-22-25)9-21-16(27)12-8-15-23-11(13-3-2-6-28-13)7-14(17(18,19)20)26(15)24-12/h2-8H,9H2,1H3,(H,21,27). The molecule has 4 aromatic heterocycles. The Bertz CT molecular complexity index is 1150. The monoisotopic (exact) mass is 406 g/mol. The summed E-state index contributed by atoms with van der Waals surface area (Å²) in [5, 5.41) is 12.2. The van der Waals surface area contributed by atoms with E-state index < -0.39 is 17.8 Å². The molecule has 4 aromatic rings. The summed E-state index contributed by atoms with van der Waals surface area (Å²) in [6, 6.07) is 7.31. The van der Waals surface area contributed by atoms with Gasteiger partial charge in [0, 0.05) is 19.3 Å². The summed E-state index contributed by atoms with van der Waals surface area (Å²) in [5.41, 5.74) is -0.276. The second-order valence-electron chi connectivity index (χ2n) is 5.93. The van der Waals surface area contributed by atoms with Crippen LogP contribution < -0.4 is 5.32 Å². The number of aromatic nitrogens is 5. The summed E-state index contributed by atoms with van der Waals surface area (Å²) in [6.07, 6.45) is -3.07. The summed E-state index contributed by atoms with van der Waals surface area (Å²) in [6.45, 7) is 0.170. The molecule has 0 saturated carbocycles. The Balaban J connectivity index is 1.71. The molecule has 0 radical (unpaired) electrons. The van der Waals surface area contributed by atoms with Gasteiger partial charge in [0.15, 0.2) is 17.0 Å². The summed E-state index contributed by atoms with van der Waals surface area (Å²) in [4.78, 5) is 17.2. The molecule has 1 N–H and O–H groups in total. The van der Waals surface area contributed by atoms with E-state index in [1.54, 1.807) is 41.5 Å². The number of rotatable bonds is 4. The van der Waals surface area contributed by atoms with E-state index in [9.17, 15) is 18.0 Å². The minimum absolute atomic E-state index is 0.0519. The van der Waals surface area contributed by atoms with Gasteiger partial charge >= 0.3 is 6.18 Å². The van der Waals surface area contributed by atoms with Crippen LogP contribution in [0.1, 0.15) is 21.9 Å². The van der Waals surface area contributed by atoms with E-state index in [1.165, 1.54) is 17.4 Å². The molecule has 0 aromatic carbocycles. The minimum Gasteiger partial charge on any atom is -0.345 e. The van der Waals surface area contributed by atoms with Crippen molar-refractivity contribution in [3.8, 4) is 10.6 Å². The Morgan fingerprint density at radius 2 is 2.11 bits per heavy atom. The lowest BCUT2D eigenvalue weighted by Gasteiger charge is -2.10. The van der Waals surface area contributed by atoms with Crippen molar-refractivity contribution in [2.24, 2.45) is 7.05 Å². The van der Waals surface area contributed by atoms with Crippen LogP contribution in [-0.4, -0.2) is 30.3 Å². The molecule has 0 spiro atoms. The molecule has 4 rings (SSSR count). The normalized spacial score (nSPS) is 11.9. The van der Waals surface area contributed by atoms with Crippen LogP contribution >= 0.6 is 11.3 Å². The Kier molecular flexibility index (Phi) is 4.38. The van der Waals surface area contributed by atoms with Gasteiger partial charge in [0.05, 0.1) is 22.8 Å². The van der Waals surface area contributed by atoms with Crippen LogP contribution in [0.3, 0.4) is 0 Å². The molecule has 1 amide bonds. The van der Waals surface area contributed by atoms with Gasteiger partial charge < -0.3 is 5.32 Å². The van der Waals surface area contributed by atoms with Crippen LogP contribution in [0.25, 0.3) is 16.2 Å². The molecule has 28 heavy (non-hydrogen) atoms. The van der Waals surface area contributed by atoms with E-state index in [2.05, 4.69) is 20.5 Å². The third-order valence-corrected chi connectivity index (χ3v) is 4.97. The number of amides is 1. The highest BCUT2D eigenvalue weighted by Crippen LogP contribution is 2.33. The summed E-state index contributed by atoms with van der Waals surface area (Å²) >= 11 is 1.28. The van der Waals surface area contributed by atoms with E-state index in [4.69, 9.17) is 0 Å². The smallest absolute Gasteiger partial charge is 0.345 e. The molecule has 0 aliphatic carbocycles. The van der Waals surface area contributed by atoms with Gasteiger partial charge in [-0.15, -0.1) is 11.3 Å². The lowest BCUT2D eigenvalue weighted by Crippen LogP contribution is -2.24. The van der Waals surface area contributed by atoms with E-state index in [-0.39, 0.29) is 23.6 Å². The van der Waals surface area contributed by atoms with E-state index in [1.807, 2.05) is 0 Å². The maximum absolute atomic E-state index is 13.5. The lowest BCUT2D eigenvalue weighted by molar-refractivity contribution is -0.142. The number of alkyl halides is 3. The Labute approximate surface area is 160 Å². The number of fused-ring (bicyclic) bond motifs is 1. The first-order valence-corrected chi connectivity index (χ1v) is 8.98. The highest BCUT2D eigenvalue weighted by molar-refractivity contribution is 7.13. The maximum atomic E-state index is 13.5. The fourth-order valence-electron chi connectivity index (χ4n) is 2.67. The molecule has 144 valence electrons. The number of carbonyl (C=O) groups excluding carboxylic acids is 1. The number of halogens is 3. The first-order chi connectivity index (χ1) is 13.3. The minimum atomic E-state index is -4.65. The summed E-state index contributed by atoms with van der Waals surface area (Å²) in [5.74, 6) is -0.600. The zero-order valence-corrected chi connectivity index (χ0v) is 15.3. The average molecular weight is 406 g/mol. The van der Waals surface area contributed by atoms with Crippen molar-refractivity contribution < 1.29 is 18.0 Å². The predicted octanol–water partition coefficient (Wildman–Crippen LogP) is 3.14. The quantitative estimate of drug-likeness (QED) is 0.565. The van der Waals surface area contributed by atoms with Crippen molar-refractivity contribution in [1.29, 1.82) is 0 Å². The molecule has 0 aliphatic heterocycles. The Morgan fingerprint density at radius 1 is 1.29 bits per heavy atom. The molecule has 11 heteroatoms. The number of hydrogen-bond acceptors (Lipinski definition) is 5. The zero-order chi connectivity index (χ0) is 19.9. The molecule has 0 unspecified atom stereocenters. The van der Waals surface area contributed by atoms with Gasteiger partial charge in [0.1, 0.15) is 0 Å². The molecule has 0 bridgehead atoms. The first kappa shape index (κ1) is 18.2. The van der Waals surface area contributed by atoms with Crippen molar-refractivity contribution in [2.75, 3.05) is 0 Å². The van der Waals surface area contributed by atoms with Crippen molar-refractivity contribution in [2.45, 2.75) is 12.7 Å². The topological polar surface area (TPSA) is 77.1 Å². The van der Waals surface area contributed by atoms with Crippen molar-refractivity contribution >= 4 is 22.9 Å². The third-order valence-electron chi connectivity index (χ3n) is 4.08. The van der Waals surface area contributed by atoms with E-state index in [0.717, 1.165) is 11.8 Å². The van der Waals surface area contributed by atoms with Gasteiger partial charge in [-0.1, -0.05) is 6.07 Å². The molecule has 4 heterocycles. The average Bonchev–Trinajstić information content (AvgIpc) is 3.38. The fourth-order valence-corrected chi connectivity index (χ4v) is 3.36. The van der Waals surface area contributed by atoms with Crippen molar-refractivity contribution in [3.05, 3.63) is 59.0 Å². The first-order valence-electron chi connectivity index (χ1n) is 8.10. The molecular weight excluding hydrogens is 393 g/mol. The summed E-state index contributed by atoms with van der Waals surface area (Å²) < 4.78 is 42.8. The van der Waals surface area contributed by atoms with Gasteiger partial charge in [0.25, 0.3) is 5.91 Å². The fraction of sp³-hybridized carbons (Fsp3) is 0.176. The summed E-state index contributed by atoms with van der Waals surface area (Å²) in [7, 11) is 1.72. The zero-order valence-electron chi connectivity index (χ0n) is 14.4. The van der Waals surface area contributed by atoms with Gasteiger partial charge in [-0.05, 0) is 23.6 Å². The van der Waals surface area contributed by atoms with E-state index >= 15 is 0 Å². The lowest BCUT2D eigenvalue weighted by atomic mass is 10.2. The molecule has 7 nitrogen and oxygen atoms in total. The van der Waals surface area contributed by atoms with Gasteiger partial charge in [-0.3, -0.25) is 9.48 Å². The second-order valence-corrected chi connectivity index (χ2v) is 6.88. The number of nitrogens with zero attached hydrogens (tertiary/aromatic N) is 5. The highest BCUT2D eigenvalue weighted by Gasteiger charge is 2.35. The SMILES string of the molecule is Cn1nccc1CNC(=O)c1cc2nc(-c3cccs3)cc(C(F)(F)F)n2n1. The van der Waals surface area contributed by atoms with Crippen LogP contribution in [-0.2, 0) is 19.8 Å². The molecule has 0 saturated heterocycles. The van der Waals surface area contributed by atoms with Crippen LogP contribution in [0.4, 0.5) is 13.2 Å². The number of hydrogen-bond donors (Lipinski definition) is 1.